The lowest BCUT2D eigenvalue weighted by molar-refractivity contribution is 0.232. The van der Waals surface area contributed by atoms with Gasteiger partial charge in [-0.05, 0) is 31.4 Å². The molecule has 0 radical (unpaired) electrons. The number of nitrogens with zero attached hydrogens (tertiary/aromatic N) is 2. The largest absolute Gasteiger partial charge is 0.335 e. The van der Waals surface area contributed by atoms with Gasteiger partial charge < -0.3 is 15.0 Å². The van der Waals surface area contributed by atoms with Crippen LogP contribution in [0.4, 0.5) is 4.79 Å². The van der Waals surface area contributed by atoms with Crippen LogP contribution in [0.2, 0.25) is 0 Å². The van der Waals surface area contributed by atoms with E-state index in [2.05, 4.69) is 22.5 Å². The Balaban J connectivity index is 1.54. The standard InChI is InChI=1S/C16H22N4O/c1-12-7-8-15-18-14(11-20(15)10-12)9-17-16(21)19-13-5-3-2-4-6-13/h7-8,10-11,13H,2-6,9H2,1H3,(H2,17,19,21). The Morgan fingerprint density at radius 2 is 2.10 bits per heavy atom. The molecule has 0 aliphatic heterocycles. The van der Waals surface area contributed by atoms with E-state index in [-0.39, 0.29) is 6.03 Å². The SMILES string of the molecule is Cc1ccc2nc(CNC(=O)NC3CCCCC3)cn2c1. The summed E-state index contributed by atoms with van der Waals surface area (Å²) in [6.07, 6.45) is 9.92. The van der Waals surface area contributed by atoms with Gasteiger partial charge in [-0.15, -0.1) is 0 Å². The number of urea groups is 1. The molecule has 21 heavy (non-hydrogen) atoms. The van der Waals surface area contributed by atoms with E-state index in [1.165, 1.54) is 24.8 Å². The molecule has 1 aliphatic carbocycles. The second-order valence-corrected chi connectivity index (χ2v) is 5.87. The number of hydrogen-bond donors (Lipinski definition) is 2. The molecule has 2 N–H and O–H groups in total. The number of amides is 2. The van der Waals surface area contributed by atoms with Gasteiger partial charge in [0.05, 0.1) is 12.2 Å². The Morgan fingerprint density at radius 3 is 2.90 bits per heavy atom. The smallest absolute Gasteiger partial charge is 0.315 e. The Hall–Kier alpha value is -2.04. The fraction of sp³-hybridized carbons (Fsp3) is 0.500. The van der Waals surface area contributed by atoms with Gasteiger partial charge in [-0.2, -0.15) is 0 Å². The van der Waals surface area contributed by atoms with Crippen LogP contribution in [0.3, 0.4) is 0 Å². The minimum Gasteiger partial charge on any atom is -0.335 e. The molecule has 2 aromatic rings. The average molecular weight is 286 g/mol. The van der Waals surface area contributed by atoms with Gasteiger partial charge in [-0.3, -0.25) is 0 Å². The van der Waals surface area contributed by atoms with E-state index in [0.29, 0.717) is 12.6 Å². The zero-order chi connectivity index (χ0) is 14.7. The Morgan fingerprint density at radius 1 is 1.29 bits per heavy atom. The molecule has 2 aromatic heterocycles. The number of nitrogens with one attached hydrogen (secondary N) is 2. The molecule has 3 rings (SSSR count). The summed E-state index contributed by atoms with van der Waals surface area (Å²) in [5.41, 5.74) is 2.97. The van der Waals surface area contributed by atoms with Crippen molar-refractivity contribution in [3.05, 3.63) is 35.8 Å². The molecule has 0 saturated heterocycles. The first-order valence-electron chi connectivity index (χ1n) is 7.69. The van der Waals surface area contributed by atoms with Gasteiger partial charge in [0, 0.05) is 18.4 Å². The van der Waals surface area contributed by atoms with E-state index in [4.69, 9.17) is 0 Å². The average Bonchev–Trinajstić information content (AvgIpc) is 2.88. The fourth-order valence-corrected chi connectivity index (χ4v) is 2.89. The van der Waals surface area contributed by atoms with Crippen molar-refractivity contribution in [2.24, 2.45) is 0 Å². The zero-order valence-electron chi connectivity index (χ0n) is 12.4. The first-order chi connectivity index (χ1) is 10.2. The predicted molar refractivity (Wildman–Crippen MR) is 82.2 cm³/mol. The molecule has 0 bridgehead atoms. The molecular weight excluding hydrogens is 264 g/mol. The lowest BCUT2D eigenvalue weighted by Crippen LogP contribution is -2.42. The van der Waals surface area contributed by atoms with Crippen LogP contribution >= 0.6 is 0 Å². The van der Waals surface area contributed by atoms with Gasteiger partial charge in [0.2, 0.25) is 0 Å². The topological polar surface area (TPSA) is 58.4 Å². The summed E-state index contributed by atoms with van der Waals surface area (Å²) in [5.74, 6) is 0. The van der Waals surface area contributed by atoms with Crippen LogP contribution in [-0.2, 0) is 6.54 Å². The number of rotatable bonds is 3. The maximum Gasteiger partial charge on any atom is 0.315 e. The highest BCUT2D eigenvalue weighted by atomic mass is 16.2. The van der Waals surface area contributed by atoms with Crippen LogP contribution in [0.1, 0.15) is 43.4 Å². The summed E-state index contributed by atoms with van der Waals surface area (Å²) in [7, 11) is 0. The van der Waals surface area contributed by atoms with Gasteiger partial charge in [-0.25, -0.2) is 9.78 Å². The van der Waals surface area contributed by atoms with Crippen LogP contribution in [0, 0.1) is 6.92 Å². The molecular formula is C16H22N4O. The Bertz CT molecular complexity index is 628. The van der Waals surface area contributed by atoms with Crippen LogP contribution in [-0.4, -0.2) is 21.5 Å². The second-order valence-electron chi connectivity index (χ2n) is 5.87. The Kier molecular flexibility index (Phi) is 4.08. The number of pyridine rings is 1. The molecule has 2 amide bonds. The number of fused-ring (bicyclic) bond motifs is 1. The molecule has 1 saturated carbocycles. The summed E-state index contributed by atoms with van der Waals surface area (Å²) < 4.78 is 1.99. The van der Waals surface area contributed by atoms with Crippen molar-refractivity contribution in [3.63, 3.8) is 0 Å². The molecule has 1 fully saturated rings. The highest BCUT2D eigenvalue weighted by molar-refractivity contribution is 5.74. The van der Waals surface area contributed by atoms with Crippen LogP contribution < -0.4 is 10.6 Å². The maximum atomic E-state index is 11.9. The summed E-state index contributed by atoms with van der Waals surface area (Å²) in [5, 5.41) is 5.94. The van der Waals surface area contributed by atoms with Crippen LogP contribution in [0.15, 0.2) is 24.5 Å². The minimum atomic E-state index is -0.0878. The number of carbonyl (C=O) groups excluding carboxylic acids is 1. The molecule has 1 aliphatic rings. The van der Waals surface area contributed by atoms with Crippen molar-refractivity contribution in [1.29, 1.82) is 0 Å². The van der Waals surface area contributed by atoms with Crippen molar-refractivity contribution < 1.29 is 4.79 Å². The van der Waals surface area contributed by atoms with Gasteiger partial charge in [0.15, 0.2) is 0 Å². The quantitative estimate of drug-likeness (QED) is 0.911. The van der Waals surface area contributed by atoms with Crippen LogP contribution in [0.25, 0.3) is 5.65 Å². The van der Waals surface area contributed by atoms with Crippen molar-refractivity contribution in [1.82, 2.24) is 20.0 Å². The molecule has 112 valence electrons. The van der Waals surface area contributed by atoms with Crippen molar-refractivity contribution in [2.45, 2.75) is 51.6 Å². The molecule has 0 spiro atoms. The molecule has 5 heteroatoms. The van der Waals surface area contributed by atoms with Gasteiger partial charge in [0.25, 0.3) is 0 Å². The Labute approximate surface area is 124 Å². The highest BCUT2D eigenvalue weighted by Gasteiger charge is 2.15. The van der Waals surface area contributed by atoms with Crippen molar-refractivity contribution in [2.75, 3.05) is 0 Å². The third kappa shape index (κ3) is 3.54. The number of aryl methyl sites for hydroxylation is 1. The first-order valence-corrected chi connectivity index (χ1v) is 7.69. The number of aromatic nitrogens is 2. The van der Waals surface area contributed by atoms with Gasteiger partial charge in [0.1, 0.15) is 5.65 Å². The maximum absolute atomic E-state index is 11.9. The van der Waals surface area contributed by atoms with Gasteiger partial charge >= 0.3 is 6.03 Å². The number of carbonyl (C=O) groups is 1. The van der Waals surface area contributed by atoms with Crippen molar-refractivity contribution >= 4 is 11.7 Å². The third-order valence-corrected chi connectivity index (χ3v) is 4.02. The first kappa shape index (κ1) is 13.9. The lowest BCUT2D eigenvalue weighted by atomic mass is 9.96. The van der Waals surface area contributed by atoms with E-state index in [1.54, 1.807) is 0 Å². The summed E-state index contributed by atoms with van der Waals surface area (Å²) in [4.78, 5) is 16.4. The number of imidazole rings is 1. The van der Waals surface area contributed by atoms with E-state index in [1.807, 2.05) is 28.9 Å². The number of hydrogen-bond acceptors (Lipinski definition) is 2. The summed E-state index contributed by atoms with van der Waals surface area (Å²) in [6, 6.07) is 4.27. The third-order valence-electron chi connectivity index (χ3n) is 4.02. The normalized spacial score (nSPS) is 16.0. The predicted octanol–water partition coefficient (Wildman–Crippen LogP) is 2.77. The molecule has 5 nitrogen and oxygen atoms in total. The van der Waals surface area contributed by atoms with E-state index in [0.717, 1.165) is 24.2 Å². The van der Waals surface area contributed by atoms with E-state index < -0.39 is 0 Å². The van der Waals surface area contributed by atoms with E-state index >= 15 is 0 Å². The van der Waals surface area contributed by atoms with E-state index in [9.17, 15) is 4.79 Å². The summed E-state index contributed by atoms with van der Waals surface area (Å²) in [6.45, 7) is 2.51. The van der Waals surface area contributed by atoms with Crippen LogP contribution in [0.5, 0.6) is 0 Å². The molecule has 0 unspecified atom stereocenters. The second kappa shape index (κ2) is 6.16. The van der Waals surface area contributed by atoms with Crippen molar-refractivity contribution in [3.8, 4) is 0 Å². The molecule has 0 aromatic carbocycles. The minimum absolute atomic E-state index is 0.0878. The summed E-state index contributed by atoms with van der Waals surface area (Å²) >= 11 is 0. The monoisotopic (exact) mass is 286 g/mol. The molecule has 2 heterocycles. The molecule has 0 atom stereocenters. The van der Waals surface area contributed by atoms with Gasteiger partial charge in [-0.1, -0.05) is 25.3 Å². The highest BCUT2D eigenvalue weighted by Crippen LogP contribution is 2.17. The fourth-order valence-electron chi connectivity index (χ4n) is 2.89. The lowest BCUT2D eigenvalue weighted by Gasteiger charge is -2.22. The zero-order valence-corrected chi connectivity index (χ0v) is 12.4.